The molecular weight excluding hydrogens is 248 g/mol. The van der Waals surface area contributed by atoms with Crippen LogP contribution >= 0.6 is 22.7 Å². The van der Waals surface area contributed by atoms with E-state index in [9.17, 15) is 0 Å². The van der Waals surface area contributed by atoms with Crippen LogP contribution in [0.15, 0.2) is 17.5 Å². The number of hydrogen-bond acceptors (Lipinski definition) is 4. The van der Waals surface area contributed by atoms with Crippen molar-refractivity contribution < 1.29 is 0 Å². The number of hydrogen-bond donors (Lipinski definition) is 1. The third-order valence-electron chi connectivity index (χ3n) is 2.91. The zero-order valence-corrected chi connectivity index (χ0v) is 12.1. The Morgan fingerprint density at radius 2 is 2.18 bits per heavy atom. The van der Waals surface area contributed by atoms with Gasteiger partial charge in [0, 0.05) is 10.3 Å². The Bertz CT molecular complexity index is 483. The minimum atomic E-state index is 0.131. The molecule has 0 amide bonds. The zero-order chi connectivity index (χ0) is 12.5. The maximum Gasteiger partial charge on any atom is 0.133 e. The lowest BCUT2D eigenvalue weighted by molar-refractivity contribution is 0.494. The third kappa shape index (κ3) is 2.59. The van der Waals surface area contributed by atoms with E-state index in [0.717, 1.165) is 23.7 Å². The first-order valence-corrected chi connectivity index (χ1v) is 7.46. The molecule has 2 heterocycles. The molecule has 0 radical (unpaired) electrons. The van der Waals surface area contributed by atoms with E-state index < -0.39 is 0 Å². The molecule has 0 aliphatic carbocycles. The summed E-state index contributed by atoms with van der Waals surface area (Å²) in [6, 6.07) is 4.20. The molecule has 0 saturated carbocycles. The van der Waals surface area contributed by atoms with Crippen molar-refractivity contribution in [3.8, 4) is 9.88 Å². The minimum absolute atomic E-state index is 0.131. The van der Waals surface area contributed by atoms with Gasteiger partial charge in [0.15, 0.2) is 0 Å². The molecular formula is C13H18N2S2. The molecule has 0 aromatic carbocycles. The summed E-state index contributed by atoms with van der Waals surface area (Å²) in [6.45, 7) is 7.32. The maximum absolute atomic E-state index is 5.69. The monoisotopic (exact) mass is 266 g/mol. The van der Waals surface area contributed by atoms with E-state index in [4.69, 9.17) is 5.73 Å². The number of aromatic nitrogens is 1. The van der Waals surface area contributed by atoms with E-state index in [1.807, 2.05) is 11.3 Å². The molecule has 2 rings (SSSR count). The van der Waals surface area contributed by atoms with Crippen molar-refractivity contribution in [2.75, 3.05) is 6.54 Å². The first-order chi connectivity index (χ1) is 8.04. The number of thiophene rings is 1. The van der Waals surface area contributed by atoms with Crippen LogP contribution in [0.4, 0.5) is 0 Å². The highest BCUT2D eigenvalue weighted by molar-refractivity contribution is 7.21. The van der Waals surface area contributed by atoms with Gasteiger partial charge in [-0.3, -0.25) is 0 Å². The second-order valence-corrected chi connectivity index (χ2v) is 6.78. The summed E-state index contributed by atoms with van der Waals surface area (Å²) < 4.78 is 0. The van der Waals surface area contributed by atoms with Gasteiger partial charge >= 0.3 is 0 Å². The molecule has 2 N–H and O–H groups in total. The molecule has 92 valence electrons. The predicted octanol–water partition coefficient (Wildman–Crippen LogP) is 3.81. The van der Waals surface area contributed by atoms with Gasteiger partial charge < -0.3 is 5.73 Å². The number of nitrogens with zero attached hydrogens (tertiary/aromatic N) is 1. The van der Waals surface area contributed by atoms with Crippen molar-refractivity contribution in [3.63, 3.8) is 0 Å². The lowest BCUT2D eigenvalue weighted by Gasteiger charge is -2.22. The fourth-order valence-corrected chi connectivity index (χ4v) is 4.00. The molecule has 0 fully saturated rings. The average Bonchev–Trinajstić information content (AvgIpc) is 2.85. The zero-order valence-electron chi connectivity index (χ0n) is 10.5. The van der Waals surface area contributed by atoms with Gasteiger partial charge in [-0.25, -0.2) is 4.98 Å². The topological polar surface area (TPSA) is 38.9 Å². The van der Waals surface area contributed by atoms with Crippen LogP contribution < -0.4 is 5.73 Å². The lowest BCUT2D eigenvalue weighted by Crippen LogP contribution is -2.21. The van der Waals surface area contributed by atoms with Gasteiger partial charge in [-0.15, -0.1) is 22.7 Å². The molecule has 0 unspecified atom stereocenters. The molecule has 2 nitrogen and oxygen atoms in total. The number of aryl methyl sites for hydroxylation is 1. The summed E-state index contributed by atoms with van der Waals surface area (Å²) >= 11 is 3.55. The van der Waals surface area contributed by atoms with Gasteiger partial charge in [0.1, 0.15) is 5.01 Å². The third-order valence-corrected chi connectivity index (χ3v) is 5.48. The van der Waals surface area contributed by atoms with Crippen LogP contribution in [0.5, 0.6) is 0 Å². The van der Waals surface area contributed by atoms with Gasteiger partial charge in [0.05, 0.1) is 10.6 Å². The molecule has 17 heavy (non-hydrogen) atoms. The highest BCUT2D eigenvalue weighted by Gasteiger charge is 2.25. The molecule has 0 spiro atoms. The first-order valence-electron chi connectivity index (χ1n) is 5.76. The van der Waals surface area contributed by atoms with E-state index in [1.165, 1.54) is 9.75 Å². The fourth-order valence-electron chi connectivity index (χ4n) is 2.00. The smallest absolute Gasteiger partial charge is 0.133 e. The van der Waals surface area contributed by atoms with E-state index in [1.54, 1.807) is 11.3 Å². The Kier molecular flexibility index (Phi) is 3.66. The summed E-state index contributed by atoms with van der Waals surface area (Å²) in [5.41, 5.74) is 6.97. The second kappa shape index (κ2) is 4.88. The summed E-state index contributed by atoms with van der Waals surface area (Å²) in [4.78, 5) is 7.31. The Morgan fingerprint density at radius 3 is 2.76 bits per heavy atom. The van der Waals surface area contributed by atoms with E-state index in [0.29, 0.717) is 0 Å². The van der Waals surface area contributed by atoms with Gasteiger partial charge in [0.25, 0.3) is 0 Å². The molecule has 2 aromatic rings. The van der Waals surface area contributed by atoms with Gasteiger partial charge in [0.2, 0.25) is 0 Å². The van der Waals surface area contributed by atoms with Crippen molar-refractivity contribution >= 4 is 22.7 Å². The van der Waals surface area contributed by atoms with E-state index in [-0.39, 0.29) is 5.41 Å². The predicted molar refractivity (Wildman–Crippen MR) is 76.9 cm³/mol. The molecule has 0 aliphatic heterocycles. The maximum atomic E-state index is 5.69. The summed E-state index contributed by atoms with van der Waals surface area (Å²) in [5, 5.41) is 3.23. The van der Waals surface area contributed by atoms with Gasteiger partial charge in [-0.2, -0.15) is 0 Å². The second-order valence-electron chi connectivity index (χ2n) is 4.83. The Hall–Kier alpha value is -0.710. The minimum Gasteiger partial charge on any atom is -0.330 e. The van der Waals surface area contributed by atoms with Crippen LogP contribution in [0, 0.1) is 6.92 Å². The van der Waals surface area contributed by atoms with Crippen molar-refractivity contribution in [2.24, 2.45) is 5.73 Å². The Labute approximate surface area is 111 Å². The molecule has 0 saturated heterocycles. The van der Waals surface area contributed by atoms with Crippen molar-refractivity contribution in [1.82, 2.24) is 4.98 Å². The summed E-state index contributed by atoms with van der Waals surface area (Å²) in [7, 11) is 0. The van der Waals surface area contributed by atoms with Gasteiger partial charge in [-0.1, -0.05) is 19.9 Å². The molecule has 0 bridgehead atoms. The number of rotatable bonds is 4. The molecule has 0 atom stereocenters. The largest absolute Gasteiger partial charge is 0.330 e. The van der Waals surface area contributed by atoms with Gasteiger partial charge in [-0.05, 0) is 31.3 Å². The Balaban J connectivity index is 2.37. The van der Waals surface area contributed by atoms with E-state index in [2.05, 4.69) is 43.3 Å². The molecule has 0 aliphatic rings. The molecule has 2 aromatic heterocycles. The standard InChI is InChI=1S/C13H18N2S2/c1-9-11(13(2,3)6-7-14)17-12(15-9)10-5-4-8-16-10/h4-5,8H,6-7,14H2,1-3H3. The van der Waals surface area contributed by atoms with Crippen molar-refractivity contribution in [3.05, 3.63) is 28.1 Å². The number of thiazole rings is 1. The van der Waals surface area contributed by atoms with E-state index >= 15 is 0 Å². The quantitative estimate of drug-likeness (QED) is 0.914. The summed E-state index contributed by atoms with van der Waals surface area (Å²) in [6.07, 6.45) is 1.000. The van der Waals surface area contributed by atoms with Crippen LogP contribution in [0.3, 0.4) is 0 Å². The van der Waals surface area contributed by atoms with Crippen LogP contribution in [-0.4, -0.2) is 11.5 Å². The van der Waals surface area contributed by atoms with Crippen LogP contribution in [0.2, 0.25) is 0 Å². The van der Waals surface area contributed by atoms with Crippen molar-refractivity contribution in [2.45, 2.75) is 32.6 Å². The highest BCUT2D eigenvalue weighted by atomic mass is 32.1. The summed E-state index contributed by atoms with van der Waals surface area (Å²) in [5.74, 6) is 0. The Morgan fingerprint density at radius 1 is 1.41 bits per heavy atom. The van der Waals surface area contributed by atoms with Crippen LogP contribution in [-0.2, 0) is 5.41 Å². The van der Waals surface area contributed by atoms with Crippen LogP contribution in [0.25, 0.3) is 9.88 Å². The molecule has 4 heteroatoms. The normalized spacial score (nSPS) is 12.0. The highest BCUT2D eigenvalue weighted by Crippen LogP contribution is 2.38. The van der Waals surface area contributed by atoms with Crippen molar-refractivity contribution in [1.29, 1.82) is 0 Å². The first kappa shape index (κ1) is 12.7. The fraction of sp³-hybridized carbons (Fsp3) is 0.462. The SMILES string of the molecule is Cc1nc(-c2cccs2)sc1C(C)(C)CCN. The lowest BCUT2D eigenvalue weighted by atomic mass is 9.87. The average molecular weight is 266 g/mol. The number of nitrogens with two attached hydrogens (primary N) is 1. The van der Waals surface area contributed by atoms with Crippen LogP contribution in [0.1, 0.15) is 30.8 Å².